The molecule has 0 saturated carbocycles. The van der Waals surface area contributed by atoms with Gasteiger partial charge >= 0.3 is 6.18 Å². The van der Waals surface area contributed by atoms with Gasteiger partial charge in [-0.3, -0.25) is 0 Å². The first kappa shape index (κ1) is 14.9. The summed E-state index contributed by atoms with van der Waals surface area (Å²) < 4.78 is 55.3. The lowest BCUT2D eigenvalue weighted by Gasteiger charge is -2.24. The van der Waals surface area contributed by atoms with Gasteiger partial charge in [-0.15, -0.1) is 0 Å². The summed E-state index contributed by atoms with van der Waals surface area (Å²) in [5.41, 5.74) is 0.375. The van der Waals surface area contributed by atoms with E-state index in [4.69, 9.17) is 4.74 Å². The normalized spacial score (nSPS) is 15.4. The molecule has 0 aliphatic heterocycles. The largest absolute Gasteiger partial charge is 0.414 e. The van der Waals surface area contributed by atoms with Crippen molar-refractivity contribution in [3.05, 3.63) is 35.6 Å². The van der Waals surface area contributed by atoms with Crippen LogP contribution in [0, 0.1) is 5.82 Å². The minimum Gasteiger partial charge on any atom is -0.360 e. The van der Waals surface area contributed by atoms with E-state index in [1.165, 1.54) is 24.3 Å². The van der Waals surface area contributed by atoms with Crippen LogP contribution >= 0.6 is 0 Å². The number of likely N-dealkylation sites (N-methyl/N-ethyl adjacent to an activating group) is 1. The zero-order valence-electron chi connectivity index (χ0n) is 10.1. The van der Waals surface area contributed by atoms with Gasteiger partial charge in [0.1, 0.15) is 5.82 Å². The molecule has 0 saturated heterocycles. The Kier molecular flexibility index (Phi) is 5.10. The van der Waals surface area contributed by atoms with E-state index < -0.39 is 24.2 Å². The van der Waals surface area contributed by atoms with Crippen molar-refractivity contribution in [2.24, 2.45) is 0 Å². The van der Waals surface area contributed by atoms with E-state index in [9.17, 15) is 17.6 Å². The molecule has 1 N–H and O–H groups in total. The number of benzene rings is 1. The van der Waals surface area contributed by atoms with E-state index in [0.29, 0.717) is 5.56 Å². The average Bonchev–Trinajstić information content (AvgIpc) is 2.27. The summed E-state index contributed by atoms with van der Waals surface area (Å²) in [4.78, 5) is 0. The van der Waals surface area contributed by atoms with Crippen LogP contribution in [-0.4, -0.2) is 25.9 Å². The Labute approximate surface area is 103 Å². The molecule has 0 heterocycles. The van der Waals surface area contributed by atoms with Crippen LogP contribution in [0.5, 0.6) is 0 Å². The number of nitrogens with one attached hydrogen (secondary N) is 1. The van der Waals surface area contributed by atoms with E-state index in [0.717, 1.165) is 6.92 Å². The van der Waals surface area contributed by atoms with Crippen LogP contribution in [-0.2, 0) is 4.74 Å². The number of ether oxygens (including phenoxy) is 1. The number of hydrogen-bond donors (Lipinski definition) is 1. The molecule has 0 spiro atoms. The third kappa shape index (κ3) is 4.27. The van der Waals surface area contributed by atoms with Crippen molar-refractivity contribution in [2.75, 3.05) is 13.6 Å². The smallest absolute Gasteiger partial charge is 0.360 e. The second-order valence-corrected chi connectivity index (χ2v) is 3.92. The molecule has 0 aromatic heterocycles. The summed E-state index contributed by atoms with van der Waals surface area (Å²) in [6, 6.07) is 5.38. The maximum atomic E-state index is 13.0. The Hall–Kier alpha value is -1.14. The minimum atomic E-state index is -4.43. The Morgan fingerprint density at radius 3 is 2.50 bits per heavy atom. The van der Waals surface area contributed by atoms with Crippen LogP contribution in [0.2, 0.25) is 0 Å². The van der Waals surface area contributed by atoms with Gasteiger partial charge in [0.15, 0.2) is 6.10 Å². The molecule has 1 rings (SSSR count). The van der Waals surface area contributed by atoms with Crippen molar-refractivity contribution in [1.82, 2.24) is 5.32 Å². The lowest BCUT2D eigenvalue weighted by molar-refractivity contribution is -0.227. The van der Waals surface area contributed by atoms with Crippen molar-refractivity contribution in [2.45, 2.75) is 25.3 Å². The number of halogens is 4. The van der Waals surface area contributed by atoms with Crippen molar-refractivity contribution in [3.8, 4) is 0 Å². The number of hydrogen-bond acceptors (Lipinski definition) is 2. The van der Waals surface area contributed by atoms with Gasteiger partial charge in [-0.05, 0) is 31.7 Å². The first-order valence-electron chi connectivity index (χ1n) is 5.47. The second-order valence-electron chi connectivity index (χ2n) is 3.92. The summed E-state index contributed by atoms with van der Waals surface area (Å²) in [7, 11) is 1.59. The lowest BCUT2D eigenvalue weighted by Crippen LogP contribution is -2.32. The van der Waals surface area contributed by atoms with Crippen LogP contribution in [0.15, 0.2) is 24.3 Å². The third-order valence-corrected chi connectivity index (χ3v) is 2.44. The summed E-state index contributed by atoms with van der Waals surface area (Å²) >= 11 is 0. The molecule has 1 aromatic carbocycles. The minimum absolute atomic E-state index is 0.171. The van der Waals surface area contributed by atoms with Crippen LogP contribution in [0.3, 0.4) is 0 Å². The molecule has 1 aromatic rings. The van der Waals surface area contributed by atoms with Gasteiger partial charge in [-0.1, -0.05) is 12.1 Å². The van der Waals surface area contributed by atoms with E-state index >= 15 is 0 Å². The molecular formula is C12H15F4NO. The molecule has 0 fully saturated rings. The fraction of sp³-hybridized carbons (Fsp3) is 0.500. The van der Waals surface area contributed by atoms with Gasteiger partial charge in [0.2, 0.25) is 0 Å². The summed E-state index contributed by atoms with van der Waals surface area (Å²) in [6.07, 6.45) is -7.18. The van der Waals surface area contributed by atoms with Crippen LogP contribution in [0.25, 0.3) is 0 Å². The van der Waals surface area contributed by atoms with Crippen molar-refractivity contribution >= 4 is 0 Å². The molecule has 2 atom stereocenters. The number of alkyl halides is 3. The maximum Gasteiger partial charge on any atom is 0.414 e. The molecule has 0 bridgehead atoms. The Morgan fingerprint density at radius 2 is 2.00 bits per heavy atom. The standard InChI is InChI=1S/C12H15F4NO/c1-8(12(14,15)16)18-11(7-17-2)9-4-3-5-10(13)6-9/h3-6,8,11,17H,7H2,1-2H3. The highest BCUT2D eigenvalue weighted by Crippen LogP contribution is 2.28. The Balaban J connectivity index is 2.83. The molecule has 2 nitrogen and oxygen atoms in total. The highest BCUT2D eigenvalue weighted by atomic mass is 19.4. The van der Waals surface area contributed by atoms with Crippen molar-refractivity contribution in [1.29, 1.82) is 0 Å². The fourth-order valence-corrected chi connectivity index (χ4v) is 1.46. The predicted octanol–water partition coefficient (Wildman–Crippen LogP) is 3.05. The van der Waals surface area contributed by atoms with Crippen molar-refractivity contribution < 1.29 is 22.3 Å². The van der Waals surface area contributed by atoms with Gasteiger partial charge in [-0.2, -0.15) is 13.2 Å². The van der Waals surface area contributed by atoms with E-state index in [1.54, 1.807) is 7.05 Å². The number of rotatable bonds is 5. The zero-order chi connectivity index (χ0) is 13.8. The highest BCUT2D eigenvalue weighted by molar-refractivity contribution is 5.19. The molecule has 0 amide bonds. The fourth-order valence-electron chi connectivity index (χ4n) is 1.46. The summed E-state index contributed by atoms with van der Waals surface area (Å²) in [5.74, 6) is -0.503. The SMILES string of the molecule is CNCC(OC(C)C(F)(F)F)c1cccc(F)c1. The first-order valence-corrected chi connectivity index (χ1v) is 5.47. The van der Waals surface area contributed by atoms with E-state index in [-0.39, 0.29) is 6.54 Å². The molecule has 0 aliphatic rings. The Bertz CT molecular complexity index is 381. The second kappa shape index (κ2) is 6.15. The Morgan fingerprint density at radius 1 is 1.33 bits per heavy atom. The molecule has 6 heteroatoms. The topological polar surface area (TPSA) is 21.3 Å². The molecule has 2 unspecified atom stereocenters. The van der Waals surface area contributed by atoms with Crippen molar-refractivity contribution in [3.63, 3.8) is 0 Å². The van der Waals surface area contributed by atoms with Gasteiger partial charge in [0.05, 0.1) is 6.10 Å². The third-order valence-electron chi connectivity index (χ3n) is 2.44. The van der Waals surface area contributed by atoms with E-state index in [1.807, 2.05) is 0 Å². The van der Waals surface area contributed by atoms with Gasteiger partial charge in [0.25, 0.3) is 0 Å². The quantitative estimate of drug-likeness (QED) is 0.826. The first-order chi connectivity index (χ1) is 8.34. The molecular weight excluding hydrogens is 250 g/mol. The van der Waals surface area contributed by atoms with Crippen LogP contribution in [0.1, 0.15) is 18.6 Å². The maximum absolute atomic E-state index is 13.0. The van der Waals surface area contributed by atoms with E-state index in [2.05, 4.69) is 5.32 Å². The summed E-state index contributed by atoms with van der Waals surface area (Å²) in [5, 5.41) is 2.73. The van der Waals surface area contributed by atoms with Crippen LogP contribution < -0.4 is 5.32 Å². The molecule has 0 aliphatic carbocycles. The monoisotopic (exact) mass is 265 g/mol. The lowest BCUT2D eigenvalue weighted by atomic mass is 10.1. The molecule has 102 valence electrons. The van der Waals surface area contributed by atoms with Gasteiger partial charge < -0.3 is 10.1 Å². The molecule has 0 radical (unpaired) electrons. The predicted molar refractivity (Wildman–Crippen MR) is 59.7 cm³/mol. The zero-order valence-corrected chi connectivity index (χ0v) is 10.1. The van der Waals surface area contributed by atoms with Crippen LogP contribution in [0.4, 0.5) is 17.6 Å². The molecule has 18 heavy (non-hydrogen) atoms. The van der Waals surface area contributed by atoms with Gasteiger partial charge in [-0.25, -0.2) is 4.39 Å². The average molecular weight is 265 g/mol. The highest BCUT2D eigenvalue weighted by Gasteiger charge is 2.38. The van der Waals surface area contributed by atoms with Gasteiger partial charge in [0, 0.05) is 6.54 Å². The summed E-state index contributed by atoms with van der Waals surface area (Å²) in [6.45, 7) is 1.10.